The van der Waals surface area contributed by atoms with E-state index >= 15 is 0 Å². The van der Waals surface area contributed by atoms with Crippen LogP contribution >= 0.6 is 0 Å². The third kappa shape index (κ3) is 3.68. The number of aromatic nitrogens is 3. The Morgan fingerprint density at radius 3 is 2.78 bits per heavy atom. The van der Waals surface area contributed by atoms with Gasteiger partial charge in [-0.2, -0.15) is 0 Å². The van der Waals surface area contributed by atoms with Crippen LogP contribution in [-0.4, -0.2) is 34.7 Å². The van der Waals surface area contributed by atoms with Crippen molar-refractivity contribution in [1.82, 2.24) is 15.0 Å². The predicted molar refractivity (Wildman–Crippen MR) is 92.8 cm³/mol. The van der Waals surface area contributed by atoms with Crippen LogP contribution in [0.2, 0.25) is 0 Å². The maximum Gasteiger partial charge on any atom is 0.156 e. The average molecular weight is 310 g/mol. The van der Waals surface area contributed by atoms with Crippen LogP contribution in [0.4, 0.5) is 5.82 Å². The molecular formula is C18H22N4O. The summed E-state index contributed by atoms with van der Waals surface area (Å²) >= 11 is 0. The first-order valence-corrected chi connectivity index (χ1v) is 8.02. The van der Waals surface area contributed by atoms with Crippen LogP contribution in [-0.2, 0) is 4.74 Å². The average Bonchev–Trinajstić information content (AvgIpc) is 2.99. The summed E-state index contributed by atoms with van der Waals surface area (Å²) < 4.78 is 5.36. The minimum atomic E-state index is 0.757. The minimum absolute atomic E-state index is 0.757. The molecule has 1 aromatic rings. The van der Waals surface area contributed by atoms with Gasteiger partial charge >= 0.3 is 0 Å². The van der Waals surface area contributed by atoms with Crippen molar-refractivity contribution in [2.45, 2.75) is 20.3 Å². The molecule has 2 N–H and O–H groups in total. The summed E-state index contributed by atoms with van der Waals surface area (Å²) in [5, 5.41) is 3.38. The summed E-state index contributed by atoms with van der Waals surface area (Å²) in [6.45, 7) is 6.30. The van der Waals surface area contributed by atoms with Crippen LogP contribution in [0.3, 0.4) is 0 Å². The lowest BCUT2D eigenvalue weighted by Gasteiger charge is -2.10. The Morgan fingerprint density at radius 1 is 1.17 bits per heavy atom. The summed E-state index contributed by atoms with van der Waals surface area (Å²) in [6, 6.07) is 12.3. The SMILES string of the molecule is CCOCCCNc1nc(C)[nH]c2cc(-c3ccccc3)nc1-2. The number of hydrogen-bond acceptors (Lipinski definition) is 4. The predicted octanol–water partition coefficient (Wildman–Crippen LogP) is 3.72. The molecule has 5 nitrogen and oxygen atoms in total. The molecule has 0 radical (unpaired) electrons. The molecule has 0 saturated heterocycles. The molecule has 0 aromatic heterocycles. The van der Waals surface area contributed by atoms with Gasteiger partial charge in [-0.1, -0.05) is 30.3 Å². The van der Waals surface area contributed by atoms with Gasteiger partial charge in [0.2, 0.25) is 0 Å². The molecule has 0 bridgehead atoms. The summed E-state index contributed by atoms with van der Waals surface area (Å²) in [6.07, 6.45) is 0.945. The van der Waals surface area contributed by atoms with Gasteiger partial charge in [0.15, 0.2) is 5.82 Å². The molecule has 0 amide bonds. The van der Waals surface area contributed by atoms with E-state index in [0.29, 0.717) is 0 Å². The molecule has 2 aliphatic heterocycles. The normalized spacial score (nSPS) is 11.0. The second kappa shape index (κ2) is 7.24. The second-order valence-electron chi connectivity index (χ2n) is 5.42. The lowest BCUT2D eigenvalue weighted by molar-refractivity contribution is 0.147. The van der Waals surface area contributed by atoms with Crippen LogP contribution in [0.5, 0.6) is 0 Å². The number of benzene rings is 1. The van der Waals surface area contributed by atoms with E-state index in [1.165, 1.54) is 0 Å². The topological polar surface area (TPSA) is 62.8 Å². The molecule has 2 aliphatic rings. The molecule has 120 valence electrons. The van der Waals surface area contributed by atoms with Gasteiger partial charge in [0, 0.05) is 25.3 Å². The molecule has 0 spiro atoms. The number of H-pyrrole nitrogens is 1. The van der Waals surface area contributed by atoms with Gasteiger partial charge in [-0.25, -0.2) is 9.97 Å². The van der Waals surface area contributed by atoms with E-state index in [2.05, 4.69) is 33.5 Å². The first-order chi connectivity index (χ1) is 11.3. The number of ether oxygens (including phenoxy) is 1. The molecule has 0 aliphatic carbocycles. The smallest absolute Gasteiger partial charge is 0.156 e. The van der Waals surface area contributed by atoms with Gasteiger partial charge < -0.3 is 15.0 Å². The van der Waals surface area contributed by atoms with Crippen LogP contribution in [0.1, 0.15) is 19.2 Å². The third-order valence-electron chi connectivity index (χ3n) is 3.62. The lowest BCUT2D eigenvalue weighted by atomic mass is 10.1. The van der Waals surface area contributed by atoms with Crippen molar-refractivity contribution in [2.24, 2.45) is 0 Å². The highest BCUT2D eigenvalue weighted by atomic mass is 16.5. The molecule has 5 heteroatoms. The van der Waals surface area contributed by atoms with E-state index in [-0.39, 0.29) is 0 Å². The zero-order valence-corrected chi connectivity index (χ0v) is 13.6. The summed E-state index contributed by atoms with van der Waals surface area (Å²) in [5.41, 5.74) is 3.95. The lowest BCUT2D eigenvalue weighted by Crippen LogP contribution is -2.09. The Balaban J connectivity index is 1.83. The standard InChI is InChI=1S/C18H22N4O/c1-3-23-11-7-10-19-18-17-16(20-13(2)21-18)12-15(22-17)14-8-5-4-6-9-14/h4-6,8-9,12,19H,3,7,10-11H2,1-2H3,(H,20,21). The highest BCUT2D eigenvalue weighted by Crippen LogP contribution is 2.31. The number of aromatic amines is 1. The Hall–Kier alpha value is -2.40. The van der Waals surface area contributed by atoms with Gasteiger partial charge in [0.25, 0.3) is 0 Å². The Morgan fingerprint density at radius 2 is 2.00 bits per heavy atom. The minimum Gasteiger partial charge on any atom is -0.382 e. The molecule has 0 saturated carbocycles. The summed E-state index contributed by atoms with van der Waals surface area (Å²) in [5.74, 6) is 1.70. The number of rotatable bonds is 7. The van der Waals surface area contributed by atoms with E-state index < -0.39 is 0 Å². The number of hydrogen-bond donors (Lipinski definition) is 2. The van der Waals surface area contributed by atoms with Crippen molar-refractivity contribution in [3.63, 3.8) is 0 Å². The molecule has 0 unspecified atom stereocenters. The first-order valence-electron chi connectivity index (χ1n) is 8.02. The zero-order chi connectivity index (χ0) is 16.1. The van der Waals surface area contributed by atoms with E-state index in [4.69, 9.17) is 9.72 Å². The molecule has 0 fully saturated rings. The molecule has 0 atom stereocenters. The fourth-order valence-electron chi connectivity index (χ4n) is 2.54. The summed E-state index contributed by atoms with van der Waals surface area (Å²) in [4.78, 5) is 12.6. The molecule has 2 heterocycles. The van der Waals surface area contributed by atoms with Crippen molar-refractivity contribution in [2.75, 3.05) is 25.1 Å². The number of fused-ring (bicyclic) bond motifs is 1. The van der Waals surface area contributed by atoms with Crippen LogP contribution in [0, 0.1) is 6.92 Å². The molecule has 3 rings (SSSR count). The van der Waals surface area contributed by atoms with Crippen LogP contribution in [0.25, 0.3) is 22.6 Å². The van der Waals surface area contributed by atoms with E-state index in [1.54, 1.807) is 0 Å². The van der Waals surface area contributed by atoms with Crippen molar-refractivity contribution in [1.29, 1.82) is 0 Å². The highest BCUT2D eigenvalue weighted by Gasteiger charge is 2.16. The van der Waals surface area contributed by atoms with Crippen molar-refractivity contribution in [3.05, 3.63) is 42.2 Å². The summed E-state index contributed by atoms with van der Waals surface area (Å²) in [7, 11) is 0. The maximum absolute atomic E-state index is 5.36. The number of nitrogens with zero attached hydrogens (tertiary/aromatic N) is 2. The maximum atomic E-state index is 5.36. The second-order valence-corrected chi connectivity index (χ2v) is 5.42. The molecular weight excluding hydrogens is 288 g/mol. The van der Waals surface area contributed by atoms with Crippen LogP contribution in [0.15, 0.2) is 36.4 Å². The largest absolute Gasteiger partial charge is 0.382 e. The Bertz CT molecular complexity index is 723. The number of anilines is 1. The fourth-order valence-corrected chi connectivity index (χ4v) is 2.54. The van der Waals surface area contributed by atoms with E-state index in [1.807, 2.05) is 32.0 Å². The fraction of sp³-hybridized carbons (Fsp3) is 0.333. The van der Waals surface area contributed by atoms with Gasteiger partial charge in [0.1, 0.15) is 11.5 Å². The zero-order valence-electron chi connectivity index (χ0n) is 13.6. The Labute approximate surface area is 136 Å². The van der Waals surface area contributed by atoms with E-state index in [0.717, 1.165) is 60.5 Å². The number of aryl methyl sites for hydroxylation is 1. The van der Waals surface area contributed by atoms with E-state index in [9.17, 15) is 0 Å². The third-order valence-corrected chi connectivity index (χ3v) is 3.62. The number of nitrogens with one attached hydrogen (secondary N) is 2. The van der Waals surface area contributed by atoms with Gasteiger partial charge in [0.05, 0.1) is 11.4 Å². The van der Waals surface area contributed by atoms with Gasteiger partial charge in [-0.05, 0) is 26.3 Å². The van der Waals surface area contributed by atoms with Crippen LogP contribution < -0.4 is 5.32 Å². The van der Waals surface area contributed by atoms with Crippen molar-refractivity contribution >= 4 is 5.82 Å². The molecule has 23 heavy (non-hydrogen) atoms. The molecule has 1 aromatic carbocycles. The Kier molecular flexibility index (Phi) is 4.88. The van der Waals surface area contributed by atoms with Gasteiger partial charge in [-0.15, -0.1) is 0 Å². The monoisotopic (exact) mass is 310 g/mol. The quantitative estimate of drug-likeness (QED) is 0.653. The first kappa shape index (κ1) is 15.5. The van der Waals surface area contributed by atoms with Gasteiger partial charge in [-0.3, -0.25) is 0 Å². The van der Waals surface area contributed by atoms with Crippen molar-refractivity contribution in [3.8, 4) is 22.6 Å². The highest BCUT2D eigenvalue weighted by molar-refractivity contribution is 5.77. The van der Waals surface area contributed by atoms with Crippen molar-refractivity contribution < 1.29 is 4.74 Å².